The van der Waals surface area contributed by atoms with Crippen LogP contribution in [0.1, 0.15) is 18.1 Å². The van der Waals surface area contributed by atoms with Crippen LogP contribution in [-0.4, -0.2) is 25.7 Å². The molecule has 0 aliphatic carbocycles. The Hall–Kier alpha value is -1.76. The van der Waals surface area contributed by atoms with Gasteiger partial charge in [0.15, 0.2) is 0 Å². The lowest BCUT2D eigenvalue weighted by Crippen LogP contribution is -2.12. The second-order valence-electron chi connectivity index (χ2n) is 3.42. The molecular formula is C11H15N3O. The van der Waals surface area contributed by atoms with E-state index in [0.717, 1.165) is 11.4 Å². The van der Waals surface area contributed by atoms with Crippen molar-refractivity contribution in [3.63, 3.8) is 0 Å². The Morgan fingerprint density at radius 3 is 2.67 bits per heavy atom. The summed E-state index contributed by atoms with van der Waals surface area (Å²) in [4.78, 5) is 6.16. The van der Waals surface area contributed by atoms with Crippen LogP contribution in [-0.2, 0) is 0 Å². The van der Waals surface area contributed by atoms with Crippen LogP contribution in [0.25, 0.3) is 0 Å². The zero-order valence-electron chi connectivity index (χ0n) is 9.53. The lowest BCUT2D eigenvalue weighted by molar-refractivity contribution is 0.326. The molecule has 15 heavy (non-hydrogen) atoms. The fourth-order valence-electron chi connectivity index (χ4n) is 1.23. The fraction of sp³-hybridized carbons (Fsp3) is 0.455. The number of anilines is 1. The zero-order valence-corrected chi connectivity index (χ0v) is 9.53. The van der Waals surface area contributed by atoms with Crippen molar-refractivity contribution in [3.05, 3.63) is 17.2 Å². The SMILES string of the molecule is CCOc1nc(N(C)C)cc(C)c1C#N. The molecule has 1 aromatic rings. The van der Waals surface area contributed by atoms with Crippen LogP contribution in [0, 0.1) is 18.3 Å². The Labute approximate surface area is 90.1 Å². The molecule has 0 amide bonds. The van der Waals surface area contributed by atoms with Crippen molar-refractivity contribution in [2.45, 2.75) is 13.8 Å². The van der Waals surface area contributed by atoms with Gasteiger partial charge in [-0.25, -0.2) is 0 Å². The number of pyridine rings is 1. The monoisotopic (exact) mass is 205 g/mol. The first-order chi connectivity index (χ1) is 7.10. The highest BCUT2D eigenvalue weighted by Gasteiger charge is 2.11. The van der Waals surface area contributed by atoms with Crippen LogP contribution >= 0.6 is 0 Å². The number of ether oxygens (including phenoxy) is 1. The second kappa shape index (κ2) is 4.65. The summed E-state index contributed by atoms with van der Waals surface area (Å²) < 4.78 is 5.34. The number of nitrogens with zero attached hydrogens (tertiary/aromatic N) is 3. The fourth-order valence-corrected chi connectivity index (χ4v) is 1.23. The van der Waals surface area contributed by atoms with Crippen molar-refractivity contribution in [2.24, 2.45) is 0 Å². The molecule has 0 aliphatic heterocycles. The Bertz CT molecular complexity index is 394. The predicted molar refractivity (Wildman–Crippen MR) is 59.2 cm³/mol. The van der Waals surface area contributed by atoms with Crippen LogP contribution in [0.2, 0.25) is 0 Å². The minimum absolute atomic E-state index is 0.420. The van der Waals surface area contributed by atoms with E-state index in [0.29, 0.717) is 18.1 Å². The number of hydrogen-bond acceptors (Lipinski definition) is 4. The molecule has 0 radical (unpaired) electrons. The van der Waals surface area contributed by atoms with E-state index in [9.17, 15) is 0 Å². The van der Waals surface area contributed by atoms with E-state index < -0.39 is 0 Å². The summed E-state index contributed by atoms with van der Waals surface area (Å²) in [5.74, 6) is 1.22. The van der Waals surface area contributed by atoms with Crippen molar-refractivity contribution in [1.29, 1.82) is 5.26 Å². The van der Waals surface area contributed by atoms with Gasteiger partial charge in [-0.15, -0.1) is 0 Å². The third-order valence-corrected chi connectivity index (χ3v) is 2.02. The molecule has 0 bridgehead atoms. The van der Waals surface area contributed by atoms with E-state index in [4.69, 9.17) is 10.00 Å². The van der Waals surface area contributed by atoms with Crippen LogP contribution in [0.4, 0.5) is 5.82 Å². The van der Waals surface area contributed by atoms with E-state index in [1.165, 1.54) is 0 Å². The van der Waals surface area contributed by atoms with Gasteiger partial charge in [-0.2, -0.15) is 10.2 Å². The molecule has 0 saturated heterocycles. The van der Waals surface area contributed by atoms with Crippen molar-refractivity contribution < 1.29 is 4.74 Å². The quantitative estimate of drug-likeness (QED) is 0.754. The van der Waals surface area contributed by atoms with E-state index >= 15 is 0 Å². The maximum absolute atomic E-state index is 8.97. The molecule has 0 spiro atoms. The molecule has 0 N–H and O–H groups in total. The zero-order chi connectivity index (χ0) is 11.4. The highest BCUT2D eigenvalue weighted by molar-refractivity contribution is 5.52. The lowest BCUT2D eigenvalue weighted by atomic mass is 10.1. The van der Waals surface area contributed by atoms with Gasteiger partial charge >= 0.3 is 0 Å². The number of aryl methyl sites for hydroxylation is 1. The predicted octanol–water partition coefficient (Wildman–Crippen LogP) is 1.73. The summed E-state index contributed by atoms with van der Waals surface area (Å²) in [5.41, 5.74) is 1.40. The van der Waals surface area contributed by atoms with E-state index in [1.54, 1.807) is 0 Å². The maximum atomic E-state index is 8.97. The van der Waals surface area contributed by atoms with Crippen LogP contribution in [0.15, 0.2) is 6.07 Å². The van der Waals surface area contributed by atoms with E-state index in [2.05, 4.69) is 11.1 Å². The average molecular weight is 205 g/mol. The van der Waals surface area contributed by atoms with Crippen molar-refractivity contribution in [1.82, 2.24) is 4.98 Å². The van der Waals surface area contributed by atoms with E-state index in [-0.39, 0.29) is 0 Å². The van der Waals surface area contributed by atoms with Crippen molar-refractivity contribution in [3.8, 4) is 11.9 Å². The van der Waals surface area contributed by atoms with Crippen LogP contribution < -0.4 is 9.64 Å². The molecule has 0 fully saturated rings. The third kappa shape index (κ3) is 2.38. The molecule has 0 aromatic carbocycles. The summed E-state index contributed by atoms with van der Waals surface area (Å²) in [5, 5.41) is 8.97. The van der Waals surface area contributed by atoms with Gasteiger partial charge in [0.25, 0.3) is 0 Å². The summed E-state index contributed by atoms with van der Waals surface area (Å²) >= 11 is 0. The van der Waals surface area contributed by atoms with Crippen LogP contribution in [0.5, 0.6) is 5.88 Å². The normalized spacial score (nSPS) is 9.53. The van der Waals surface area contributed by atoms with E-state index in [1.807, 2.05) is 38.9 Å². The summed E-state index contributed by atoms with van der Waals surface area (Å²) in [6.07, 6.45) is 0. The minimum atomic E-state index is 0.420. The van der Waals surface area contributed by atoms with Crippen molar-refractivity contribution in [2.75, 3.05) is 25.6 Å². The highest BCUT2D eigenvalue weighted by atomic mass is 16.5. The maximum Gasteiger partial charge on any atom is 0.233 e. The molecule has 0 aliphatic rings. The number of hydrogen-bond donors (Lipinski definition) is 0. The van der Waals surface area contributed by atoms with Gasteiger partial charge in [0, 0.05) is 14.1 Å². The van der Waals surface area contributed by atoms with Crippen molar-refractivity contribution >= 4 is 5.82 Å². The smallest absolute Gasteiger partial charge is 0.233 e. The molecule has 0 saturated carbocycles. The molecule has 1 aromatic heterocycles. The topological polar surface area (TPSA) is 49.1 Å². The molecular weight excluding hydrogens is 190 g/mol. The second-order valence-corrected chi connectivity index (χ2v) is 3.42. The van der Waals surface area contributed by atoms with Gasteiger partial charge in [0.1, 0.15) is 17.5 Å². The van der Waals surface area contributed by atoms with Gasteiger partial charge in [-0.1, -0.05) is 0 Å². The molecule has 4 nitrogen and oxygen atoms in total. The Morgan fingerprint density at radius 2 is 2.20 bits per heavy atom. The first-order valence-electron chi connectivity index (χ1n) is 4.82. The molecule has 0 unspecified atom stereocenters. The highest BCUT2D eigenvalue weighted by Crippen LogP contribution is 2.23. The lowest BCUT2D eigenvalue weighted by Gasteiger charge is -2.14. The first-order valence-corrected chi connectivity index (χ1v) is 4.82. The number of nitriles is 1. The third-order valence-electron chi connectivity index (χ3n) is 2.02. The molecule has 80 valence electrons. The molecule has 1 heterocycles. The molecule has 4 heteroatoms. The standard InChI is InChI=1S/C11H15N3O/c1-5-15-11-9(7-12)8(2)6-10(13-11)14(3)4/h6H,5H2,1-4H3. The first kappa shape index (κ1) is 11.3. The van der Waals surface area contributed by atoms with Gasteiger partial charge in [0.05, 0.1) is 6.61 Å². The van der Waals surface area contributed by atoms with Gasteiger partial charge in [0.2, 0.25) is 5.88 Å². The number of rotatable bonds is 3. The Kier molecular flexibility index (Phi) is 3.51. The Balaban J connectivity index is 3.27. The largest absolute Gasteiger partial charge is 0.477 e. The Morgan fingerprint density at radius 1 is 1.53 bits per heavy atom. The van der Waals surface area contributed by atoms with Crippen LogP contribution in [0.3, 0.4) is 0 Å². The summed E-state index contributed by atoms with van der Waals surface area (Å²) in [6.45, 7) is 4.27. The van der Waals surface area contributed by atoms with Gasteiger partial charge < -0.3 is 9.64 Å². The van der Waals surface area contributed by atoms with Gasteiger partial charge in [-0.3, -0.25) is 0 Å². The summed E-state index contributed by atoms with van der Waals surface area (Å²) in [7, 11) is 3.81. The number of aromatic nitrogens is 1. The summed E-state index contributed by atoms with van der Waals surface area (Å²) in [6, 6.07) is 3.98. The molecule has 0 atom stereocenters. The molecule has 1 rings (SSSR count). The minimum Gasteiger partial charge on any atom is -0.477 e. The average Bonchev–Trinajstić information content (AvgIpc) is 2.17. The van der Waals surface area contributed by atoms with Gasteiger partial charge in [-0.05, 0) is 25.5 Å².